The number of aliphatic hydroxyl groups excluding tert-OH is 1. The number of carbonyl (C=O) groups is 3. The van der Waals surface area contributed by atoms with Gasteiger partial charge in [0.25, 0.3) is 0 Å². The van der Waals surface area contributed by atoms with Crippen molar-refractivity contribution in [1.82, 2.24) is 0 Å². The molecule has 1 aromatic heterocycles. The Morgan fingerprint density at radius 1 is 1.12 bits per heavy atom. The molecule has 1 N–H and O–H groups in total. The maximum Gasteiger partial charge on any atom is 0.334 e. The van der Waals surface area contributed by atoms with Crippen LogP contribution >= 0.6 is 0 Å². The lowest BCUT2D eigenvalue weighted by atomic mass is 9.88. The number of ketones is 2. The van der Waals surface area contributed by atoms with E-state index in [1.165, 1.54) is 19.2 Å². The topological polar surface area (TPSA) is 103 Å². The molecule has 25 heavy (non-hydrogen) atoms. The summed E-state index contributed by atoms with van der Waals surface area (Å²) >= 11 is 0. The van der Waals surface area contributed by atoms with Crippen molar-refractivity contribution in [3.8, 4) is 0 Å². The Kier molecular flexibility index (Phi) is 4.49. The lowest BCUT2D eigenvalue weighted by Gasteiger charge is -2.11. The highest BCUT2D eigenvalue weighted by molar-refractivity contribution is 6.27. The number of furan rings is 1. The number of hydrogen-bond acceptors (Lipinski definition) is 7. The zero-order valence-electron chi connectivity index (χ0n) is 13.3. The fourth-order valence-electron chi connectivity index (χ4n) is 2.45. The van der Waals surface area contributed by atoms with E-state index < -0.39 is 17.5 Å². The SMILES string of the molecule is COCCOC(=O)/C=C(\O)c1cc2c(o1)C(=O)c1ccccc1C2=O. The maximum absolute atomic E-state index is 12.5. The molecule has 1 aliphatic rings. The Labute approximate surface area is 142 Å². The van der Waals surface area contributed by atoms with E-state index in [1.807, 2.05) is 0 Å². The average Bonchev–Trinajstić information content (AvgIpc) is 3.06. The molecule has 0 aliphatic heterocycles. The van der Waals surface area contributed by atoms with Crippen LogP contribution in [0.1, 0.15) is 37.8 Å². The third-order valence-electron chi connectivity index (χ3n) is 3.64. The zero-order chi connectivity index (χ0) is 18.0. The summed E-state index contributed by atoms with van der Waals surface area (Å²) in [6.07, 6.45) is 0.808. The predicted octanol–water partition coefficient (Wildman–Crippen LogP) is 2.14. The van der Waals surface area contributed by atoms with Gasteiger partial charge in [0.2, 0.25) is 5.78 Å². The molecule has 7 heteroatoms. The first kappa shape index (κ1) is 16.7. The predicted molar refractivity (Wildman–Crippen MR) is 85.5 cm³/mol. The molecule has 2 aromatic rings. The number of ether oxygens (including phenoxy) is 2. The number of rotatable bonds is 5. The van der Waals surface area contributed by atoms with Crippen molar-refractivity contribution in [3.05, 3.63) is 64.6 Å². The molecule has 0 atom stereocenters. The highest BCUT2D eigenvalue weighted by atomic mass is 16.6. The molecular weight excluding hydrogens is 328 g/mol. The Morgan fingerprint density at radius 2 is 1.80 bits per heavy atom. The van der Waals surface area contributed by atoms with Gasteiger partial charge in [-0.05, 0) is 6.07 Å². The van der Waals surface area contributed by atoms with Crippen LogP contribution in [0.25, 0.3) is 5.76 Å². The van der Waals surface area contributed by atoms with Crippen molar-refractivity contribution >= 4 is 23.3 Å². The van der Waals surface area contributed by atoms with Gasteiger partial charge in [0.15, 0.2) is 23.1 Å². The molecule has 0 radical (unpaired) electrons. The molecule has 3 rings (SSSR count). The Bertz CT molecular complexity index is 836. The molecule has 0 saturated heterocycles. The smallest absolute Gasteiger partial charge is 0.334 e. The molecular formula is C18H14O7. The number of aliphatic hydroxyl groups is 1. The first-order chi connectivity index (χ1) is 12.0. The summed E-state index contributed by atoms with van der Waals surface area (Å²) in [6, 6.07) is 7.62. The highest BCUT2D eigenvalue weighted by Gasteiger charge is 2.33. The van der Waals surface area contributed by atoms with Crippen LogP contribution in [0.4, 0.5) is 0 Å². The van der Waals surface area contributed by atoms with Crippen LogP contribution in [0.3, 0.4) is 0 Å². The van der Waals surface area contributed by atoms with Gasteiger partial charge < -0.3 is 19.0 Å². The van der Waals surface area contributed by atoms with Crippen LogP contribution in [0.5, 0.6) is 0 Å². The monoisotopic (exact) mass is 342 g/mol. The van der Waals surface area contributed by atoms with E-state index in [2.05, 4.69) is 0 Å². The van der Waals surface area contributed by atoms with Crippen molar-refractivity contribution in [3.63, 3.8) is 0 Å². The molecule has 1 heterocycles. The summed E-state index contributed by atoms with van der Waals surface area (Å²) in [6.45, 7) is 0.247. The van der Waals surface area contributed by atoms with Crippen molar-refractivity contribution < 1.29 is 33.4 Å². The third-order valence-corrected chi connectivity index (χ3v) is 3.64. The second-order valence-corrected chi connectivity index (χ2v) is 5.25. The summed E-state index contributed by atoms with van der Waals surface area (Å²) in [5.41, 5.74) is 0.560. The standard InChI is InChI=1S/C18H14O7/c1-23-6-7-24-15(20)9-13(19)14-8-12-16(21)10-4-2-3-5-11(10)17(22)18(12)25-14/h2-5,8-9,19H,6-7H2,1H3/b13-9-. The summed E-state index contributed by atoms with van der Waals surface area (Å²) in [7, 11) is 1.46. The van der Waals surface area contributed by atoms with Gasteiger partial charge in [-0.2, -0.15) is 0 Å². The van der Waals surface area contributed by atoms with Crippen molar-refractivity contribution in [2.75, 3.05) is 20.3 Å². The summed E-state index contributed by atoms with van der Waals surface area (Å²) in [5, 5.41) is 10.00. The first-order valence-corrected chi connectivity index (χ1v) is 7.42. The molecule has 0 fully saturated rings. The van der Waals surface area contributed by atoms with E-state index in [1.54, 1.807) is 18.2 Å². The van der Waals surface area contributed by atoms with Crippen LogP contribution in [-0.2, 0) is 14.3 Å². The molecule has 0 bridgehead atoms. The summed E-state index contributed by atoms with van der Waals surface area (Å²) in [5.74, 6) is -2.50. The maximum atomic E-state index is 12.5. The lowest BCUT2D eigenvalue weighted by Crippen LogP contribution is -2.18. The summed E-state index contributed by atoms with van der Waals surface area (Å²) in [4.78, 5) is 36.5. The van der Waals surface area contributed by atoms with Crippen molar-refractivity contribution in [2.45, 2.75) is 0 Å². The van der Waals surface area contributed by atoms with Gasteiger partial charge in [0.05, 0.1) is 18.2 Å². The second kappa shape index (κ2) is 6.74. The normalized spacial score (nSPS) is 13.4. The Balaban J connectivity index is 1.89. The number of hydrogen-bond donors (Lipinski definition) is 1. The van der Waals surface area contributed by atoms with Crippen LogP contribution in [0, 0.1) is 0 Å². The molecule has 1 aromatic carbocycles. The fraction of sp³-hybridized carbons (Fsp3) is 0.167. The van der Waals surface area contributed by atoms with E-state index in [-0.39, 0.29) is 47.2 Å². The van der Waals surface area contributed by atoms with E-state index in [4.69, 9.17) is 13.9 Å². The quantitative estimate of drug-likeness (QED) is 0.328. The van der Waals surface area contributed by atoms with Gasteiger partial charge in [0.1, 0.15) is 6.61 Å². The minimum Gasteiger partial charge on any atom is -0.504 e. The number of methoxy groups -OCH3 is 1. The Hall–Kier alpha value is -3.19. The number of esters is 1. The van der Waals surface area contributed by atoms with Gasteiger partial charge in [-0.1, -0.05) is 24.3 Å². The van der Waals surface area contributed by atoms with E-state index in [9.17, 15) is 19.5 Å². The third kappa shape index (κ3) is 3.09. The average molecular weight is 342 g/mol. The molecule has 0 spiro atoms. The fourth-order valence-corrected chi connectivity index (χ4v) is 2.45. The minimum absolute atomic E-state index is 0.0278. The molecule has 0 saturated carbocycles. The van der Waals surface area contributed by atoms with Crippen LogP contribution in [0.2, 0.25) is 0 Å². The lowest BCUT2D eigenvalue weighted by molar-refractivity contribution is -0.139. The van der Waals surface area contributed by atoms with Gasteiger partial charge in [-0.15, -0.1) is 0 Å². The largest absolute Gasteiger partial charge is 0.504 e. The molecule has 128 valence electrons. The van der Waals surface area contributed by atoms with Crippen LogP contribution in [-0.4, -0.2) is 43.0 Å². The minimum atomic E-state index is -0.801. The van der Waals surface area contributed by atoms with E-state index in [0.29, 0.717) is 0 Å². The number of carbonyl (C=O) groups excluding carboxylic acids is 3. The molecule has 0 unspecified atom stereocenters. The van der Waals surface area contributed by atoms with Crippen LogP contribution < -0.4 is 0 Å². The van der Waals surface area contributed by atoms with Gasteiger partial charge in [0, 0.05) is 18.2 Å². The highest BCUT2D eigenvalue weighted by Crippen LogP contribution is 2.31. The number of fused-ring (bicyclic) bond motifs is 2. The first-order valence-electron chi connectivity index (χ1n) is 7.42. The molecule has 1 aliphatic carbocycles. The van der Waals surface area contributed by atoms with Gasteiger partial charge in [-0.25, -0.2) is 4.79 Å². The Morgan fingerprint density at radius 3 is 2.48 bits per heavy atom. The van der Waals surface area contributed by atoms with Crippen molar-refractivity contribution in [1.29, 1.82) is 0 Å². The van der Waals surface area contributed by atoms with Gasteiger partial charge in [-0.3, -0.25) is 9.59 Å². The van der Waals surface area contributed by atoms with E-state index >= 15 is 0 Å². The number of benzene rings is 1. The van der Waals surface area contributed by atoms with Crippen molar-refractivity contribution in [2.24, 2.45) is 0 Å². The second-order valence-electron chi connectivity index (χ2n) is 5.25. The molecule has 0 amide bonds. The van der Waals surface area contributed by atoms with E-state index in [0.717, 1.165) is 6.08 Å². The van der Waals surface area contributed by atoms with Crippen LogP contribution in [0.15, 0.2) is 40.8 Å². The molecule has 7 nitrogen and oxygen atoms in total. The summed E-state index contributed by atoms with van der Waals surface area (Å²) < 4.78 is 14.8. The zero-order valence-corrected chi connectivity index (χ0v) is 13.3. The van der Waals surface area contributed by atoms with Gasteiger partial charge >= 0.3 is 5.97 Å².